The fourth-order valence-corrected chi connectivity index (χ4v) is 1.89. The molecule has 0 saturated carbocycles. The third-order valence-corrected chi connectivity index (χ3v) is 2.79. The molecule has 88 valence electrons. The summed E-state index contributed by atoms with van der Waals surface area (Å²) in [5.41, 5.74) is 1.05. The molecule has 0 radical (unpaired) electrons. The average molecular weight is 220 g/mol. The Labute approximate surface area is 97.5 Å². The number of carbonyl (C=O) groups is 1. The van der Waals surface area contributed by atoms with Crippen molar-refractivity contribution in [1.82, 2.24) is 10.2 Å². The number of hydrogen-bond acceptors (Lipinski definition) is 2. The molecule has 0 aliphatic rings. The Morgan fingerprint density at radius 2 is 1.81 bits per heavy atom. The van der Waals surface area contributed by atoms with E-state index in [4.69, 9.17) is 0 Å². The summed E-state index contributed by atoms with van der Waals surface area (Å²) in [5, 5.41) is 2.73. The van der Waals surface area contributed by atoms with Crippen molar-refractivity contribution in [2.24, 2.45) is 0 Å². The number of carbonyl (C=O) groups excluding carboxylic acids is 1. The summed E-state index contributed by atoms with van der Waals surface area (Å²) < 4.78 is 0. The summed E-state index contributed by atoms with van der Waals surface area (Å²) in [5.74, 6) is 0.0508. The number of likely N-dealkylation sites (N-methyl/N-ethyl adjacent to an activating group) is 2. The zero-order valence-corrected chi connectivity index (χ0v) is 10.2. The van der Waals surface area contributed by atoms with E-state index < -0.39 is 0 Å². The molecule has 1 N–H and O–H groups in total. The average Bonchev–Trinajstić information content (AvgIpc) is 2.36. The number of benzene rings is 1. The van der Waals surface area contributed by atoms with Gasteiger partial charge in [-0.3, -0.25) is 9.69 Å². The van der Waals surface area contributed by atoms with Gasteiger partial charge in [0.25, 0.3) is 0 Å². The van der Waals surface area contributed by atoms with Gasteiger partial charge in [-0.15, -0.1) is 0 Å². The summed E-state index contributed by atoms with van der Waals surface area (Å²) >= 11 is 0. The molecule has 0 heterocycles. The Balaban J connectivity index is 3.00. The molecule has 1 aromatic carbocycles. The third-order valence-electron chi connectivity index (χ3n) is 2.79. The number of nitrogens with zero attached hydrogens (tertiary/aromatic N) is 1. The quantitative estimate of drug-likeness (QED) is 0.821. The third kappa shape index (κ3) is 2.83. The highest BCUT2D eigenvalue weighted by molar-refractivity contribution is 5.82. The topological polar surface area (TPSA) is 32.3 Å². The fourth-order valence-electron chi connectivity index (χ4n) is 1.89. The first kappa shape index (κ1) is 12.7. The van der Waals surface area contributed by atoms with Gasteiger partial charge in [0.2, 0.25) is 5.91 Å². The van der Waals surface area contributed by atoms with Crippen LogP contribution in [0.1, 0.15) is 25.5 Å². The van der Waals surface area contributed by atoms with E-state index in [1.165, 1.54) is 0 Å². The fraction of sp³-hybridized carbons (Fsp3) is 0.462. The lowest BCUT2D eigenvalue weighted by Crippen LogP contribution is -2.39. The lowest BCUT2D eigenvalue weighted by Gasteiger charge is -2.28. The first-order valence-corrected chi connectivity index (χ1v) is 5.75. The normalized spacial score (nSPS) is 12.5. The summed E-state index contributed by atoms with van der Waals surface area (Å²) in [7, 11) is 1.68. The van der Waals surface area contributed by atoms with E-state index >= 15 is 0 Å². The highest BCUT2D eigenvalue weighted by Crippen LogP contribution is 2.20. The highest BCUT2D eigenvalue weighted by Gasteiger charge is 2.24. The van der Waals surface area contributed by atoms with Crippen LogP contribution in [0.25, 0.3) is 0 Å². The van der Waals surface area contributed by atoms with Crippen molar-refractivity contribution in [3.63, 3.8) is 0 Å². The lowest BCUT2D eigenvalue weighted by atomic mass is 10.0. The van der Waals surface area contributed by atoms with Crippen molar-refractivity contribution in [3.05, 3.63) is 35.9 Å². The minimum absolute atomic E-state index is 0.0508. The Morgan fingerprint density at radius 1 is 1.25 bits per heavy atom. The van der Waals surface area contributed by atoms with Crippen LogP contribution < -0.4 is 5.32 Å². The molecule has 0 spiro atoms. The van der Waals surface area contributed by atoms with E-state index in [-0.39, 0.29) is 11.9 Å². The molecule has 0 aliphatic carbocycles. The maximum atomic E-state index is 11.9. The Morgan fingerprint density at radius 3 is 2.25 bits per heavy atom. The summed E-state index contributed by atoms with van der Waals surface area (Å²) in [6.45, 7) is 5.87. The van der Waals surface area contributed by atoms with Crippen LogP contribution in [0.5, 0.6) is 0 Å². The van der Waals surface area contributed by atoms with Crippen molar-refractivity contribution in [1.29, 1.82) is 0 Å². The molecule has 0 aliphatic heterocycles. The minimum atomic E-state index is -0.179. The van der Waals surface area contributed by atoms with E-state index in [1.54, 1.807) is 7.05 Å². The standard InChI is InChI=1S/C13H20N2O/c1-4-15(5-2)12(13(16)14-3)11-9-7-6-8-10-11/h6-10,12H,4-5H2,1-3H3,(H,14,16). The predicted molar refractivity (Wildman–Crippen MR) is 66.2 cm³/mol. The Kier molecular flexibility index (Phi) is 4.99. The molecule has 0 bridgehead atoms. The minimum Gasteiger partial charge on any atom is -0.358 e. The SMILES string of the molecule is CCN(CC)C(C(=O)NC)c1ccccc1. The van der Waals surface area contributed by atoms with E-state index in [9.17, 15) is 4.79 Å². The predicted octanol–water partition coefficient (Wildman–Crippen LogP) is 1.82. The van der Waals surface area contributed by atoms with Crippen LogP contribution in [0.15, 0.2) is 30.3 Å². The number of nitrogens with one attached hydrogen (secondary N) is 1. The molecule has 1 unspecified atom stereocenters. The summed E-state index contributed by atoms with van der Waals surface area (Å²) in [4.78, 5) is 14.1. The second-order valence-corrected chi connectivity index (χ2v) is 3.65. The molecular formula is C13H20N2O. The van der Waals surface area contributed by atoms with E-state index in [0.717, 1.165) is 18.7 Å². The molecule has 1 amide bonds. The van der Waals surface area contributed by atoms with E-state index in [2.05, 4.69) is 24.1 Å². The van der Waals surface area contributed by atoms with Crippen LogP contribution in [-0.4, -0.2) is 30.9 Å². The number of hydrogen-bond donors (Lipinski definition) is 1. The van der Waals surface area contributed by atoms with Gasteiger partial charge >= 0.3 is 0 Å². The van der Waals surface area contributed by atoms with Crippen molar-refractivity contribution in [2.75, 3.05) is 20.1 Å². The Bertz CT molecular complexity index is 320. The molecule has 3 heteroatoms. The maximum Gasteiger partial charge on any atom is 0.241 e. The smallest absolute Gasteiger partial charge is 0.241 e. The molecule has 1 aromatic rings. The first-order valence-electron chi connectivity index (χ1n) is 5.75. The molecule has 1 rings (SSSR count). The number of amides is 1. The Hall–Kier alpha value is -1.35. The second-order valence-electron chi connectivity index (χ2n) is 3.65. The van der Waals surface area contributed by atoms with E-state index in [0.29, 0.717) is 0 Å². The molecule has 0 saturated heterocycles. The maximum absolute atomic E-state index is 11.9. The van der Waals surface area contributed by atoms with Gasteiger partial charge in [0.1, 0.15) is 6.04 Å². The van der Waals surface area contributed by atoms with Crippen LogP contribution in [0.4, 0.5) is 0 Å². The molecule has 16 heavy (non-hydrogen) atoms. The lowest BCUT2D eigenvalue weighted by molar-refractivity contribution is -0.126. The summed E-state index contributed by atoms with van der Waals surface area (Å²) in [6, 6.07) is 9.72. The number of rotatable bonds is 5. The van der Waals surface area contributed by atoms with Gasteiger partial charge in [-0.2, -0.15) is 0 Å². The van der Waals surface area contributed by atoms with Gasteiger partial charge in [-0.05, 0) is 18.7 Å². The summed E-state index contributed by atoms with van der Waals surface area (Å²) in [6.07, 6.45) is 0. The second kappa shape index (κ2) is 6.28. The van der Waals surface area contributed by atoms with Crippen LogP contribution in [0.2, 0.25) is 0 Å². The van der Waals surface area contributed by atoms with Crippen LogP contribution in [-0.2, 0) is 4.79 Å². The van der Waals surface area contributed by atoms with Crippen LogP contribution in [0.3, 0.4) is 0 Å². The van der Waals surface area contributed by atoms with Crippen molar-refractivity contribution >= 4 is 5.91 Å². The van der Waals surface area contributed by atoms with Crippen molar-refractivity contribution in [2.45, 2.75) is 19.9 Å². The van der Waals surface area contributed by atoms with Gasteiger partial charge in [0.05, 0.1) is 0 Å². The van der Waals surface area contributed by atoms with Gasteiger partial charge in [-0.1, -0.05) is 44.2 Å². The van der Waals surface area contributed by atoms with Gasteiger partial charge < -0.3 is 5.32 Å². The molecule has 1 atom stereocenters. The largest absolute Gasteiger partial charge is 0.358 e. The molecule has 0 fully saturated rings. The molecule has 0 aromatic heterocycles. The molecular weight excluding hydrogens is 200 g/mol. The van der Waals surface area contributed by atoms with E-state index in [1.807, 2.05) is 30.3 Å². The van der Waals surface area contributed by atoms with Gasteiger partial charge in [0.15, 0.2) is 0 Å². The highest BCUT2D eigenvalue weighted by atomic mass is 16.2. The monoisotopic (exact) mass is 220 g/mol. The van der Waals surface area contributed by atoms with Gasteiger partial charge in [0, 0.05) is 7.05 Å². The van der Waals surface area contributed by atoms with Gasteiger partial charge in [-0.25, -0.2) is 0 Å². The molecule has 3 nitrogen and oxygen atoms in total. The van der Waals surface area contributed by atoms with Crippen molar-refractivity contribution in [3.8, 4) is 0 Å². The zero-order valence-electron chi connectivity index (χ0n) is 10.2. The first-order chi connectivity index (χ1) is 7.74. The van der Waals surface area contributed by atoms with Crippen LogP contribution in [0, 0.1) is 0 Å². The van der Waals surface area contributed by atoms with Crippen molar-refractivity contribution < 1.29 is 4.79 Å². The van der Waals surface area contributed by atoms with Crippen LogP contribution >= 0.6 is 0 Å². The zero-order chi connectivity index (χ0) is 12.0.